The molecule has 54 heavy (non-hydrogen) atoms. The van der Waals surface area contributed by atoms with E-state index < -0.39 is 0 Å². The highest BCUT2D eigenvalue weighted by Gasteiger charge is 2.27. The van der Waals surface area contributed by atoms with Crippen LogP contribution >= 0.6 is 0 Å². The van der Waals surface area contributed by atoms with Crippen LogP contribution < -0.4 is 21.3 Å². The number of hydrogen-bond acceptors (Lipinski definition) is 1. The molecule has 0 saturated carbocycles. The molecule has 1 nitrogen and oxygen atoms in total. The molecule has 0 radical (unpaired) electrons. The Kier molecular flexibility index (Phi) is 7.03. The molecule has 0 spiro atoms. The zero-order valence-electron chi connectivity index (χ0n) is 29.7. The largest absolute Gasteiger partial charge is 0.309 e. The average molecular weight is 684 g/mol. The van der Waals surface area contributed by atoms with Crippen molar-refractivity contribution in [2.75, 3.05) is 4.90 Å². The highest BCUT2D eigenvalue weighted by atomic mass is 15.1. The predicted molar refractivity (Wildman–Crippen MR) is 235 cm³/mol. The Bertz CT molecular complexity index is 3120. The first-order valence-corrected chi connectivity index (χ1v) is 18.8. The van der Waals surface area contributed by atoms with Crippen LogP contribution in [0.15, 0.2) is 206 Å². The van der Waals surface area contributed by atoms with Crippen LogP contribution in [0, 0.1) is 0 Å². The summed E-state index contributed by atoms with van der Waals surface area (Å²) < 4.78 is 0. The smallest absolute Gasteiger partial charge is 0.241 e. The maximum atomic E-state index is 2.50. The first-order valence-electron chi connectivity index (χ1n) is 18.8. The summed E-state index contributed by atoms with van der Waals surface area (Å²) >= 11 is 0. The summed E-state index contributed by atoms with van der Waals surface area (Å²) in [7, 11) is 0. The average Bonchev–Trinajstić information content (AvgIpc) is 3.25. The van der Waals surface area contributed by atoms with E-state index in [1.807, 2.05) is 0 Å². The van der Waals surface area contributed by atoms with Gasteiger partial charge in [0.1, 0.15) is 0 Å². The summed E-state index contributed by atoms with van der Waals surface area (Å²) in [5.41, 5.74) is 7.39. The van der Waals surface area contributed by atoms with Gasteiger partial charge in [-0.1, -0.05) is 198 Å². The van der Waals surface area contributed by atoms with E-state index in [9.17, 15) is 0 Å². The van der Waals surface area contributed by atoms with Crippen molar-refractivity contribution in [2.24, 2.45) is 0 Å². The van der Waals surface area contributed by atoms with Crippen LogP contribution in [0.1, 0.15) is 0 Å². The molecule has 0 atom stereocenters. The minimum Gasteiger partial charge on any atom is -0.309 e. The van der Waals surface area contributed by atoms with E-state index in [4.69, 9.17) is 0 Å². The Morgan fingerprint density at radius 2 is 0.815 bits per heavy atom. The number of benzene rings is 11. The first-order chi connectivity index (χ1) is 26.8. The third-order valence-corrected chi connectivity index (χ3v) is 11.5. The van der Waals surface area contributed by atoms with E-state index in [-0.39, 0.29) is 6.71 Å². The molecular weight excluding hydrogens is 649 g/mol. The van der Waals surface area contributed by atoms with Crippen molar-refractivity contribution in [1.82, 2.24) is 0 Å². The number of nitrogens with zero attached hydrogens (tertiary/aromatic N) is 1. The van der Waals surface area contributed by atoms with Gasteiger partial charge in [0.25, 0.3) is 0 Å². The van der Waals surface area contributed by atoms with Crippen LogP contribution in [-0.2, 0) is 0 Å². The first kappa shape index (κ1) is 30.7. The van der Waals surface area contributed by atoms with Crippen molar-refractivity contribution < 1.29 is 0 Å². The van der Waals surface area contributed by atoms with Crippen LogP contribution in [0.4, 0.5) is 17.1 Å². The SMILES string of the molecule is c1ccc(B(c2ccccc2)c2ccc3c4ccccc4c4c(N(c5ccccc5)c5cc6ccccc6c6ccccc56)ccc5ccc2c3c54)cc1. The number of para-hydroxylation sites is 1. The second-order valence-electron chi connectivity index (χ2n) is 14.4. The lowest BCUT2D eigenvalue weighted by atomic mass is 9.36. The van der Waals surface area contributed by atoms with Gasteiger partial charge in [0.15, 0.2) is 0 Å². The van der Waals surface area contributed by atoms with Gasteiger partial charge in [-0.15, -0.1) is 0 Å². The fourth-order valence-electron chi connectivity index (χ4n) is 9.19. The Hall–Kier alpha value is -6.90. The van der Waals surface area contributed by atoms with Crippen LogP contribution in [0.5, 0.6) is 0 Å². The van der Waals surface area contributed by atoms with E-state index >= 15 is 0 Å². The minimum absolute atomic E-state index is 0.0903. The van der Waals surface area contributed by atoms with Gasteiger partial charge < -0.3 is 4.90 Å². The van der Waals surface area contributed by atoms with Crippen molar-refractivity contribution in [3.05, 3.63) is 206 Å². The molecule has 0 aromatic heterocycles. The maximum Gasteiger partial charge on any atom is 0.241 e. The topological polar surface area (TPSA) is 3.24 Å². The Morgan fingerprint density at radius 1 is 0.296 bits per heavy atom. The fraction of sp³-hybridized carbons (Fsp3) is 0. The molecule has 0 amide bonds. The molecule has 0 saturated heterocycles. The summed E-state index contributed by atoms with van der Waals surface area (Å²) in [5, 5.41) is 15.3. The van der Waals surface area contributed by atoms with Gasteiger partial charge in [-0.2, -0.15) is 0 Å². The zero-order valence-corrected chi connectivity index (χ0v) is 29.7. The van der Waals surface area contributed by atoms with Gasteiger partial charge in [0, 0.05) is 21.8 Å². The molecule has 2 heteroatoms. The quantitative estimate of drug-likeness (QED) is 0.0958. The molecule has 11 aromatic carbocycles. The normalized spacial score (nSPS) is 11.7. The summed E-state index contributed by atoms with van der Waals surface area (Å²) in [6.07, 6.45) is 0. The predicted octanol–water partition coefficient (Wildman–Crippen LogP) is 12.0. The van der Waals surface area contributed by atoms with E-state index in [1.165, 1.54) is 92.4 Å². The van der Waals surface area contributed by atoms with E-state index in [2.05, 4.69) is 211 Å². The van der Waals surface area contributed by atoms with E-state index in [0.717, 1.165) is 5.69 Å². The van der Waals surface area contributed by atoms with Crippen molar-refractivity contribution in [1.29, 1.82) is 0 Å². The van der Waals surface area contributed by atoms with Crippen LogP contribution in [0.25, 0.3) is 64.6 Å². The lowest BCUT2D eigenvalue weighted by Gasteiger charge is -2.30. The molecule has 0 aliphatic rings. The number of fused-ring (bicyclic) bond motifs is 6. The number of hydrogen-bond donors (Lipinski definition) is 0. The molecule has 11 aromatic rings. The van der Waals surface area contributed by atoms with E-state index in [0.29, 0.717) is 0 Å². The highest BCUT2D eigenvalue weighted by molar-refractivity contribution is 6.97. The number of rotatable bonds is 6. The van der Waals surface area contributed by atoms with Crippen molar-refractivity contribution in [3.63, 3.8) is 0 Å². The summed E-state index contributed by atoms with van der Waals surface area (Å²) in [4.78, 5) is 2.50. The van der Waals surface area contributed by atoms with Gasteiger partial charge in [-0.25, -0.2) is 0 Å². The molecule has 0 heterocycles. The molecule has 0 unspecified atom stereocenters. The Balaban J connectivity index is 1.28. The van der Waals surface area contributed by atoms with Crippen LogP contribution in [-0.4, -0.2) is 6.71 Å². The van der Waals surface area contributed by atoms with E-state index in [1.54, 1.807) is 0 Å². The monoisotopic (exact) mass is 683 g/mol. The Morgan fingerprint density at radius 3 is 1.52 bits per heavy atom. The van der Waals surface area contributed by atoms with Gasteiger partial charge in [-0.05, 0) is 72.7 Å². The standard InChI is InChI=1S/C52H34BN/c1-4-17-37(18-5-1)53(38-19-6-2-7-20-38)47-32-31-45-42-25-13-15-27-44(42)52-48(33-29-35-28-30-46(47)51(45)50(35)52)54(39-21-8-3-9-22-39)49-34-36-16-10-11-23-40(36)41-24-12-14-26-43(41)49/h1-34H. The Labute approximate surface area is 314 Å². The van der Waals surface area contributed by atoms with Crippen molar-refractivity contribution in [3.8, 4) is 0 Å². The summed E-state index contributed by atoms with van der Waals surface area (Å²) in [6.45, 7) is 0.0903. The molecule has 0 aliphatic carbocycles. The molecule has 0 fully saturated rings. The third-order valence-electron chi connectivity index (χ3n) is 11.5. The lowest BCUT2D eigenvalue weighted by Crippen LogP contribution is -2.52. The highest BCUT2D eigenvalue weighted by Crippen LogP contribution is 2.49. The lowest BCUT2D eigenvalue weighted by molar-refractivity contribution is 1.32. The van der Waals surface area contributed by atoms with Crippen molar-refractivity contribution >= 4 is 105 Å². The second kappa shape index (κ2) is 12.4. The van der Waals surface area contributed by atoms with Gasteiger partial charge in [-0.3, -0.25) is 0 Å². The van der Waals surface area contributed by atoms with Gasteiger partial charge >= 0.3 is 0 Å². The summed E-state index contributed by atoms with van der Waals surface area (Å²) in [6, 6.07) is 76.1. The number of anilines is 3. The molecule has 0 N–H and O–H groups in total. The third kappa shape index (κ3) is 4.67. The summed E-state index contributed by atoms with van der Waals surface area (Å²) in [5.74, 6) is 0. The second-order valence-corrected chi connectivity index (χ2v) is 14.4. The van der Waals surface area contributed by atoms with Crippen LogP contribution in [0.3, 0.4) is 0 Å². The molecule has 250 valence electrons. The maximum absolute atomic E-state index is 2.50. The fourth-order valence-corrected chi connectivity index (χ4v) is 9.19. The van der Waals surface area contributed by atoms with Gasteiger partial charge in [0.2, 0.25) is 6.71 Å². The molecular formula is C52H34BN. The zero-order chi connectivity index (χ0) is 35.6. The molecule has 0 aliphatic heterocycles. The van der Waals surface area contributed by atoms with Gasteiger partial charge in [0.05, 0.1) is 11.4 Å². The molecule has 11 rings (SSSR count). The van der Waals surface area contributed by atoms with Crippen LogP contribution in [0.2, 0.25) is 0 Å². The minimum atomic E-state index is 0.0903. The van der Waals surface area contributed by atoms with Crippen molar-refractivity contribution in [2.45, 2.75) is 0 Å². The molecule has 0 bridgehead atoms.